The van der Waals surface area contributed by atoms with Crippen molar-refractivity contribution in [2.75, 3.05) is 0 Å². The first-order valence-electron chi connectivity index (χ1n) is 7.79. The van der Waals surface area contributed by atoms with Crippen molar-refractivity contribution in [1.29, 1.82) is 0 Å². The molecule has 1 aromatic rings. The topological polar surface area (TPSA) is 85.3 Å². The average Bonchev–Trinajstić information content (AvgIpc) is 2.88. The number of rotatable bonds is 6. The second kappa shape index (κ2) is 6.94. The van der Waals surface area contributed by atoms with E-state index in [1.807, 2.05) is 6.92 Å². The molecule has 1 fully saturated rings. The highest BCUT2D eigenvalue weighted by molar-refractivity contribution is 7.89. The van der Waals surface area contributed by atoms with Crippen molar-refractivity contribution in [3.63, 3.8) is 0 Å². The Kier molecular flexibility index (Phi) is 5.46. The van der Waals surface area contributed by atoms with Gasteiger partial charge < -0.3 is 10.2 Å². The third-order valence-corrected chi connectivity index (χ3v) is 5.98. The van der Waals surface area contributed by atoms with E-state index in [1.165, 1.54) is 25.3 Å². The first-order valence-corrected chi connectivity index (χ1v) is 9.28. The Balaban J connectivity index is 2.16. The van der Waals surface area contributed by atoms with Crippen LogP contribution in [0.3, 0.4) is 0 Å². The second-order valence-corrected chi connectivity index (χ2v) is 7.55. The molecule has 0 aliphatic heterocycles. The first-order chi connectivity index (χ1) is 9.97. The molecule has 3 N–H and O–H groups in total. The molecule has 0 bridgehead atoms. The molecule has 5 nitrogen and oxygen atoms in total. The number of furan rings is 1. The van der Waals surface area contributed by atoms with Crippen molar-refractivity contribution >= 4 is 10.0 Å². The minimum atomic E-state index is -3.54. The Morgan fingerprint density at radius 2 is 2.05 bits per heavy atom. The molecule has 1 saturated carbocycles. The van der Waals surface area contributed by atoms with E-state index in [2.05, 4.69) is 4.72 Å². The van der Waals surface area contributed by atoms with Crippen molar-refractivity contribution in [1.82, 2.24) is 4.72 Å². The van der Waals surface area contributed by atoms with E-state index in [4.69, 9.17) is 10.2 Å². The van der Waals surface area contributed by atoms with E-state index in [9.17, 15) is 8.42 Å². The number of nitrogens with two attached hydrogens (primary N) is 1. The Morgan fingerprint density at radius 3 is 2.57 bits per heavy atom. The molecule has 1 atom stereocenters. The average molecular weight is 314 g/mol. The van der Waals surface area contributed by atoms with Crippen molar-refractivity contribution < 1.29 is 12.8 Å². The lowest BCUT2D eigenvalue weighted by molar-refractivity contribution is 0.285. The van der Waals surface area contributed by atoms with Crippen LogP contribution < -0.4 is 10.5 Å². The van der Waals surface area contributed by atoms with Crippen LogP contribution >= 0.6 is 0 Å². The van der Waals surface area contributed by atoms with Crippen molar-refractivity contribution in [3.05, 3.63) is 17.6 Å². The summed E-state index contributed by atoms with van der Waals surface area (Å²) in [6.45, 7) is 3.90. The van der Waals surface area contributed by atoms with E-state index >= 15 is 0 Å². The monoisotopic (exact) mass is 314 g/mol. The van der Waals surface area contributed by atoms with Crippen molar-refractivity contribution in [2.24, 2.45) is 11.7 Å². The summed E-state index contributed by atoms with van der Waals surface area (Å²) in [5.74, 6) is 1.35. The van der Waals surface area contributed by atoms with Gasteiger partial charge in [-0.15, -0.1) is 0 Å². The number of sulfonamides is 1. The molecule has 1 heterocycles. The Bertz CT molecular complexity index is 559. The van der Waals surface area contributed by atoms with Gasteiger partial charge in [0, 0.05) is 12.1 Å². The lowest BCUT2D eigenvalue weighted by Crippen LogP contribution is -2.40. The van der Waals surface area contributed by atoms with Gasteiger partial charge in [-0.3, -0.25) is 0 Å². The van der Waals surface area contributed by atoms with Crippen LogP contribution in [0.15, 0.2) is 15.4 Å². The van der Waals surface area contributed by atoms with Gasteiger partial charge in [-0.05, 0) is 32.1 Å². The number of aryl methyl sites for hydroxylation is 1. The smallest absolute Gasteiger partial charge is 0.244 e. The zero-order chi connectivity index (χ0) is 15.5. The van der Waals surface area contributed by atoms with Gasteiger partial charge in [-0.25, -0.2) is 13.1 Å². The standard InChI is InChI=1S/C15H26N2O3S/c1-3-14(12-7-5-4-6-8-12)17-21(18,19)15-9-13(10-16)20-11(15)2/h9,12,14,17H,3-8,10,16H2,1-2H3. The minimum Gasteiger partial charge on any atom is -0.464 e. The molecule has 1 aliphatic rings. The summed E-state index contributed by atoms with van der Waals surface area (Å²) in [5, 5.41) is 0. The van der Waals surface area contributed by atoms with Crippen LogP contribution in [-0.4, -0.2) is 14.5 Å². The minimum absolute atomic E-state index is 0.00549. The summed E-state index contributed by atoms with van der Waals surface area (Å²) in [6.07, 6.45) is 6.69. The predicted molar refractivity (Wildman–Crippen MR) is 82.3 cm³/mol. The van der Waals surface area contributed by atoms with Gasteiger partial charge >= 0.3 is 0 Å². The number of hydrogen-bond donors (Lipinski definition) is 2. The summed E-state index contributed by atoms with van der Waals surface area (Å²) < 4.78 is 33.4. The van der Waals surface area contributed by atoms with Crippen LogP contribution in [0.4, 0.5) is 0 Å². The van der Waals surface area contributed by atoms with E-state index in [-0.39, 0.29) is 17.5 Å². The van der Waals surface area contributed by atoms with E-state index in [0.717, 1.165) is 19.3 Å². The summed E-state index contributed by atoms with van der Waals surface area (Å²) in [4.78, 5) is 0.220. The van der Waals surface area contributed by atoms with Gasteiger partial charge in [0.15, 0.2) is 0 Å². The SMILES string of the molecule is CCC(NS(=O)(=O)c1cc(CN)oc1C)C1CCCCC1. The summed E-state index contributed by atoms with van der Waals surface area (Å²) in [6, 6.07) is 1.54. The van der Waals surface area contributed by atoms with Crippen LogP contribution in [0.2, 0.25) is 0 Å². The Morgan fingerprint density at radius 1 is 1.38 bits per heavy atom. The highest BCUT2D eigenvalue weighted by Gasteiger charge is 2.29. The van der Waals surface area contributed by atoms with Crippen LogP contribution in [-0.2, 0) is 16.6 Å². The quantitative estimate of drug-likeness (QED) is 0.845. The molecular formula is C15H26N2O3S. The van der Waals surface area contributed by atoms with Gasteiger partial charge in [0.05, 0.1) is 6.54 Å². The maximum Gasteiger partial charge on any atom is 0.244 e. The van der Waals surface area contributed by atoms with Crippen LogP contribution in [0, 0.1) is 12.8 Å². The number of nitrogens with one attached hydrogen (secondary N) is 1. The Hall–Kier alpha value is -0.850. The molecule has 21 heavy (non-hydrogen) atoms. The van der Waals surface area contributed by atoms with Gasteiger partial charge in [-0.2, -0.15) is 0 Å². The van der Waals surface area contributed by atoms with Gasteiger partial charge in [0.25, 0.3) is 0 Å². The normalized spacial score (nSPS) is 18.8. The molecule has 0 radical (unpaired) electrons. The fourth-order valence-electron chi connectivity index (χ4n) is 3.20. The van der Waals surface area contributed by atoms with Crippen LogP contribution in [0.25, 0.3) is 0 Å². The molecule has 0 aromatic carbocycles. The maximum absolute atomic E-state index is 12.6. The van der Waals surface area contributed by atoms with Crippen LogP contribution in [0.1, 0.15) is 57.0 Å². The molecule has 0 spiro atoms. The summed E-state index contributed by atoms with van der Waals surface area (Å²) >= 11 is 0. The lowest BCUT2D eigenvalue weighted by atomic mass is 9.83. The predicted octanol–water partition coefficient (Wildman–Crippen LogP) is 2.68. The molecule has 1 aromatic heterocycles. The third kappa shape index (κ3) is 3.87. The molecule has 1 aliphatic carbocycles. The molecule has 0 amide bonds. The van der Waals surface area contributed by atoms with E-state index < -0.39 is 10.0 Å². The number of hydrogen-bond acceptors (Lipinski definition) is 4. The fraction of sp³-hybridized carbons (Fsp3) is 0.733. The first kappa shape index (κ1) is 16.5. The van der Waals surface area contributed by atoms with Crippen LogP contribution in [0.5, 0.6) is 0 Å². The van der Waals surface area contributed by atoms with Gasteiger partial charge in [0.1, 0.15) is 16.4 Å². The molecule has 0 saturated heterocycles. The molecule has 120 valence electrons. The molecule has 1 unspecified atom stereocenters. The molecule has 2 rings (SSSR count). The third-order valence-electron chi connectivity index (χ3n) is 4.38. The maximum atomic E-state index is 12.6. The molecule has 6 heteroatoms. The largest absolute Gasteiger partial charge is 0.464 e. The highest BCUT2D eigenvalue weighted by atomic mass is 32.2. The van der Waals surface area contributed by atoms with Gasteiger partial charge in [-0.1, -0.05) is 26.2 Å². The lowest BCUT2D eigenvalue weighted by Gasteiger charge is -2.29. The van der Waals surface area contributed by atoms with E-state index in [0.29, 0.717) is 17.4 Å². The zero-order valence-electron chi connectivity index (χ0n) is 12.9. The highest BCUT2D eigenvalue weighted by Crippen LogP contribution is 2.29. The summed E-state index contributed by atoms with van der Waals surface area (Å²) in [5.41, 5.74) is 5.51. The van der Waals surface area contributed by atoms with Gasteiger partial charge in [0.2, 0.25) is 10.0 Å². The fourth-order valence-corrected chi connectivity index (χ4v) is 4.80. The second-order valence-electron chi connectivity index (χ2n) is 5.87. The summed E-state index contributed by atoms with van der Waals surface area (Å²) in [7, 11) is -3.54. The molecular weight excluding hydrogens is 288 g/mol. The zero-order valence-corrected chi connectivity index (χ0v) is 13.7. The van der Waals surface area contributed by atoms with Crippen molar-refractivity contribution in [2.45, 2.75) is 69.9 Å². The van der Waals surface area contributed by atoms with E-state index in [1.54, 1.807) is 6.92 Å². The Labute approximate surface area is 127 Å². The van der Waals surface area contributed by atoms with Crippen molar-refractivity contribution in [3.8, 4) is 0 Å².